The van der Waals surface area contributed by atoms with Gasteiger partial charge in [0.15, 0.2) is 0 Å². The summed E-state index contributed by atoms with van der Waals surface area (Å²) in [4.78, 5) is 16.2. The van der Waals surface area contributed by atoms with Gasteiger partial charge in [-0.3, -0.25) is 4.79 Å². The first-order valence-corrected chi connectivity index (χ1v) is 8.39. The molecule has 1 aliphatic heterocycles. The van der Waals surface area contributed by atoms with E-state index >= 15 is 0 Å². The highest BCUT2D eigenvalue weighted by atomic mass is 32.2. The van der Waals surface area contributed by atoms with Gasteiger partial charge in [-0.1, -0.05) is 0 Å². The third-order valence-electron chi connectivity index (χ3n) is 3.25. The van der Waals surface area contributed by atoms with Crippen LogP contribution in [-0.2, 0) is 16.6 Å². The molecule has 2 rings (SSSR count). The Balaban J connectivity index is 2.29. The van der Waals surface area contributed by atoms with Gasteiger partial charge in [-0.2, -0.15) is 4.31 Å². The molecule has 1 atom stereocenters. The molecule has 0 bridgehead atoms. The Kier molecular flexibility index (Phi) is 3.88. The molecule has 0 saturated carbocycles. The molecule has 0 unspecified atom stereocenters. The summed E-state index contributed by atoms with van der Waals surface area (Å²) in [7, 11) is -3.27. The summed E-state index contributed by atoms with van der Waals surface area (Å²) in [5, 5.41) is 2.78. The van der Waals surface area contributed by atoms with Crippen LogP contribution in [0.25, 0.3) is 0 Å². The van der Waals surface area contributed by atoms with E-state index in [1.807, 2.05) is 18.4 Å². The van der Waals surface area contributed by atoms with Crippen LogP contribution in [0.3, 0.4) is 0 Å². The highest BCUT2D eigenvalue weighted by Crippen LogP contribution is 2.26. The zero-order valence-corrected chi connectivity index (χ0v) is 12.9. The van der Waals surface area contributed by atoms with Crippen molar-refractivity contribution < 1.29 is 13.2 Å². The van der Waals surface area contributed by atoms with Gasteiger partial charge in [0.1, 0.15) is 11.5 Å². The molecule has 1 aromatic heterocycles. The fourth-order valence-electron chi connectivity index (χ4n) is 2.37. The summed E-state index contributed by atoms with van der Waals surface area (Å²) < 4.78 is 26.7. The van der Waals surface area contributed by atoms with E-state index < -0.39 is 10.0 Å². The van der Waals surface area contributed by atoms with Gasteiger partial charge in [0.2, 0.25) is 10.0 Å². The number of hydrogen-bond acceptors (Lipinski definition) is 4. The average molecular weight is 300 g/mol. The fourth-order valence-corrected chi connectivity index (χ4v) is 3.45. The predicted octanol–water partition coefficient (Wildman–Crippen LogP) is 0.357. The topological polar surface area (TPSA) is 84.3 Å². The minimum atomic E-state index is -3.27. The molecule has 112 valence electrons. The van der Waals surface area contributed by atoms with Crippen LogP contribution in [0.15, 0.2) is 6.20 Å². The van der Waals surface area contributed by atoms with Crippen molar-refractivity contribution in [1.29, 1.82) is 0 Å². The molecule has 8 heteroatoms. The first-order chi connectivity index (χ1) is 9.20. The number of aromatic nitrogens is 2. The standard InChI is InChI=1S/C12H20N4O3S/c1-8(2)13-12(17)10-7-15-5-6-16(20(4,18)19)9(3)11(15)14-10/h7-9H,5-6H2,1-4H3,(H,13,17)/t9-/m0/s1. The Morgan fingerprint density at radius 3 is 2.65 bits per heavy atom. The number of sulfonamides is 1. The second-order valence-corrected chi connectivity index (χ2v) is 7.29. The number of nitrogens with zero attached hydrogens (tertiary/aromatic N) is 3. The zero-order valence-electron chi connectivity index (χ0n) is 12.1. The largest absolute Gasteiger partial charge is 0.348 e. The predicted molar refractivity (Wildman–Crippen MR) is 74.8 cm³/mol. The van der Waals surface area contributed by atoms with Crippen LogP contribution in [-0.4, -0.2) is 47.0 Å². The number of hydrogen-bond donors (Lipinski definition) is 1. The van der Waals surface area contributed by atoms with E-state index in [1.165, 1.54) is 10.6 Å². The number of carbonyl (C=O) groups is 1. The third kappa shape index (κ3) is 2.85. The molecule has 0 aromatic carbocycles. The van der Waals surface area contributed by atoms with Crippen molar-refractivity contribution in [3.63, 3.8) is 0 Å². The SMILES string of the molecule is CC(C)NC(=O)c1cn2c(n1)[C@H](C)N(S(C)(=O)=O)CC2. The van der Waals surface area contributed by atoms with Gasteiger partial charge >= 0.3 is 0 Å². The highest BCUT2D eigenvalue weighted by Gasteiger charge is 2.32. The first-order valence-electron chi connectivity index (χ1n) is 6.55. The van der Waals surface area contributed by atoms with Crippen LogP contribution in [0, 0.1) is 0 Å². The Labute approximate surface area is 119 Å². The molecule has 0 saturated heterocycles. The smallest absolute Gasteiger partial charge is 0.271 e. The summed E-state index contributed by atoms with van der Waals surface area (Å²) in [6, 6.07) is -0.328. The van der Waals surface area contributed by atoms with Gasteiger partial charge in [-0.25, -0.2) is 13.4 Å². The lowest BCUT2D eigenvalue weighted by molar-refractivity contribution is 0.0938. The summed E-state index contributed by atoms with van der Waals surface area (Å²) in [6.45, 7) is 6.44. The van der Waals surface area contributed by atoms with E-state index in [4.69, 9.17) is 0 Å². The van der Waals surface area contributed by atoms with Crippen LogP contribution in [0.5, 0.6) is 0 Å². The molecular formula is C12H20N4O3S. The van der Waals surface area contributed by atoms with E-state index in [9.17, 15) is 13.2 Å². The van der Waals surface area contributed by atoms with Gasteiger partial charge in [0.05, 0.1) is 12.3 Å². The van der Waals surface area contributed by atoms with Crippen molar-refractivity contribution in [3.05, 3.63) is 17.7 Å². The molecule has 1 N–H and O–H groups in total. The van der Waals surface area contributed by atoms with E-state index in [-0.39, 0.29) is 18.0 Å². The van der Waals surface area contributed by atoms with E-state index in [0.717, 1.165) is 0 Å². The quantitative estimate of drug-likeness (QED) is 0.873. The molecule has 7 nitrogen and oxygen atoms in total. The van der Waals surface area contributed by atoms with Gasteiger partial charge in [0, 0.05) is 25.3 Å². The van der Waals surface area contributed by atoms with Crippen LogP contribution < -0.4 is 5.32 Å². The Morgan fingerprint density at radius 1 is 1.45 bits per heavy atom. The molecule has 0 radical (unpaired) electrons. The Hall–Kier alpha value is -1.41. The van der Waals surface area contributed by atoms with Gasteiger partial charge in [0.25, 0.3) is 5.91 Å². The maximum absolute atomic E-state index is 11.9. The minimum Gasteiger partial charge on any atom is -0.348 e. The molecule has 1 aliphatic rings. The first kappa shape index (κ1) is 15.0. The van der Waals surface area contributed by atoms with Crippen LogP contribution in [0.2, 0.25) is 0 Å². The summed E-state index contributed by atoms with van der Waals surface area (Å²) in [6.07, 6.45) is 2.87. The molecule has 0 fully saturated rings. The highest BCUT2D eigenvalue weighted by molar-refractivity contribution is 7.88. The number of rotatable bonds is 3. The lowest BCUT2D eigenvalue weighted by atomic mass is 10.2. The van der Waals surface area contributed by atoms with Crippen molar-refractivity contribution in [2.75, 3.05) is 12.8 Å². The molecule has 2 heterocycles. The van der Waals surface area contributed by atoms with Gasteiger partial charge in [-0.15, -0.1) is 0 Å². The van der Waals surface area contributed by atoms with Crippen LogP contribution in [0.1, 0.15) is 43.1 Å². The van der Waals surface area contributed by atoms with Crippen molar-refractivity contribution in [3.8, 4) is 0 Å². The minimum absolute atomic E-state index is 0.0335. The third-order valence-corrected chi connectivity index (χ3v) is 4.60. The summed E-state index contributed by atoms with van der Waals surface area (Å²) in [5.74, 6) is 0.371. The second kappa shape index (κ2) is 5.17. The second-order valence-electron chi connectivity index (χ2n) is 5.36. The van der Waals surface area contributed by atoms with Crippen molar-refractivity contribution in [2.45, 2.75) is 39.4 Å². The molecule has 0 spiro atoms. The monoisotopic (exact) mass is 300 g/mol. The number of fused-ring (bicyclic) bond motifs is 1. The lowest BCUT2D eigenvalue weighted by Crippen LogP contribution is -2.40. The zero-order chi connectivity index (χ0) is 15.1. The Morgan fingerprint density at radius 2 is 2.10 bits per heavy atom. The molecule has 1 amide bonds. The molecule has 0 aliphatic carbocycles. The maximum Gasteiger partial charge on any atom is 0.271 e. The normalized spacial score (nSPS) is 19.9. The summed E-state index contributed by atoms with van der Waals surface area (Å²) in [5.41, 5.74) is 0.330. The van der Waals surface area contributed by atoms with E-state index in [2.05, 4.69) is 10.3 Å². The van der Waals surface area contributed by atoms with Crippen LogP contribution >= 0.6 is 0 Å². The van der Waals surface area contributed by atoms with Gasteiger partial charge < -0.3 is 9.88 Å². The number of imidazole rings is 1. The van der Waals surface area contributed by atoms with Crippen molar-refractivity contribution in [2.24, 2.45) is 0 Å². The average Bonchev–Trinajstić information content (AvgIpc) is 2.71. The van der Waals surface area contributed by atoms with Crippen LogP contribution in [0.4, 0.5) is 0 Å². The van der Waals surface area contributed by atoms with Gasteiger partial charge in [-0.05, 0) is 20.8 Å². The number of amides is 1. The molecule has 1 aromatic rings. The molecule has 20 heavy (non-hydrogen) atoms. The summed E-state index contributed by atoms with van der Waals surface area (Å²) >= 11 is 0. The van der Waals surface area contributed by atoms with Crippen molar-refractivity contribution >= 4 is 15.9 Å². The lowest BCUT2D eigenvalue weighted by Gasteiger charge is -2.31. The maximum atomic E-state index is 11.9. The molecular weight excluding hydrogens is 280 g/mol. The fraction of sp³-hybridized carbons (Fsp3) is 0.667. The number of carbonyl (C=O) groups excluding carboxylic acids is 1. The Bertz CT molecular complexity index is 621. The van der Waals surface area contributed by atoms with Crippen molar-refractivity contribution in [1.82, 2.24) is 19.2 Å². The van der Waals surface area contributed by atoms with E-state index in [1.54, 1.807) is 13.1 Å². The number of nitrogens with one attached hydrogen (secondary N) is 1. The van der Waals surface area contributed by atoms with E-state index in [0.29, 0.717) is 24.6 Å².